The van der Waals surface area contributed by atoms with Gasteiger partial charge < -0.3 is 11.1 Å². The molecule has 1 rings (SSSR count). The molecule has 6 nitrogen and oxygen atoms in total. The fourth-order valence-corrected chi connectivity index (χ4v) is 2.73. The van der Waals surface area contributed by atoms with Crippen molar-refractivity contribution in [2.45, 2.75) is 19.4 Å². The maximum Gasteiger partial charge on any atom is 0.209 e. The monoisotopic (exact) mass is 302 g/mol. The quantitative estimate of drug-likeness (QED) is 0.660. The van der Waals surface area contributed by atoms with Gasteiger partial charge in [0.2, 0.25) is 10.0 Å². The summed E-state index contributed by atoms with van der Waals surface area (Å²) in [6, 6.07) is 3.44. The van der Waals surface area contributed by atoms with E-state index in [2.05, 4.69) is 15.0 Å². The third kappa shape index (κ3) is 5.95. The van der Waals surface area contributed by atoms with Crippen LogP contribution in [0.4, 0.5) is 5.82 Å². The van der Waals surface area contributed by atoms with E-state index in [1.165, 1.54) is 0 Å². The Balaban J connectivity index is 2.71. The Bertz CT molecular complexity index is 570. The summed E-state index contributed by atoms with van der Waals surface area (Å²) in [5.41, 5.74) is 5.61. The molecule has 1 aromatic heterocycles. The molecule has 1 heterocycles. The predicted octanol–water partition coefficient (Wildman–Crippen LogP) is 0.455. The van der Waals surface area contributed by atoms with E-state index in [0.29, 0.717) is 22.9 Å². The number of hydrogen-bond acceptors (Lipinski definition) is 5. The summed E-state index contributed by atoms with van der Waals surface area (Å²) in [6.45, 7) is 3.94. The lowest BCUT2D eigenvalue weighted by Gasteiger charge is -2.25. The van der Waals surface area contributed by atoms with Crippen molar-refractivity contribution in [1.29, 1.82) is 0 Å². The maximum absolute atomic E-state index is 11.2. The zero-order valence-corrected chi connectivity index (χ0v) is 12.7. The van der Waals surface area contributed by atoms with Crippen molar-refractivity contribution >= 4 is 33.0 Å². The van der Waals surface area contributed by atoms with Crippen molar-refractivity contribution in [3.63, 3.8) is 0 Å². The van der Waals surface area contributed by atoms with Crippen LogP contribution in [0.1, 0.15) is 19.4 Å². The molecule has 0 aliphatic carbocycles. The van der Waals surface area contributed by atoms with Gasteiger partial charge in [-0.1, -0.05) is 12.2 Å². The van der Waals surface area contributed by atoms with Crippen molar-refractivity contribution < 1.29 is 8.42 Å². The van der Waals surface area contributed by atoms with E-state index in [1.807, 2.05) is 0 Å². The van der Waals surface area contributed by atoms with Gasteiger partial charge in [0.05, 0.1) is 6.26 Å². The topological polar surface area (TPSA) is 97.1 Å². The second kappa shape index (κ2) is 5.81. The molecular weight excluding hydrogens is 284 g/mol. The van der Waals surface area contributed by atoms with Crippen LogP contribution in [0.3, 0.4) is 0 Å². The van der Waals surface area contributed by atoms with Gasteiger partial charge in [0.1, 0.15) is 10.8 Å². The number of sulfonamides is 1. The number of anilines is 1. The normalized spacial score (nSPS) is 12.2. The highest BCUT2D eigenvalue weighted by molar-refractivity contribution is 7.88. The van der Waals surface area contributed by atoms with Gasteiger partial charge in [0.15, 0.2) is 0 Å². The Labute approximate surface area is 118 Å². The van der Waals surface area contributed by atoms with Crippen LogP contribution in [-0.2, 0) is 10.0 Å². The van der Waals surface area contributed by atoms with E-state index in [0.717, 1.165) is 6.26 Å². The van der Waals surface area contributed by atoms with Crippen LogP contribution in [0.2, 0.25) is 0 Å². The van der Waals surface area contributed by atoms with Gasteiger partial charge in [0, 0.05) is 23.8 Å². The number of nitrogens with zero attached hydrogens (tertiary/aromatic N) is 1. The molecule has 0 amide bonds. The van der Waals surface area contributed by atoms with Crippen LogP contribution in [0.25, 0.3) is 0 Å². The van der Waals surface area contributed by atoms with E-state index in [-0.39, 0.29) is 0 Å². The molecule has 19 heavy (non-hydrogen) atoms. The van der Waals surface area contributed by atoms with E-state index in [1.54, 1.807) is 32.2 Å². The molecule has 0 saturated carbocycles. The summed E-state index contributed by atoms with van der Waals surface area (Å²) in [5, 5.41) is 3.05. The van der Waals surface area contributed by atoms with Crippen LogP contribution in [0, 0.1) is 0 Å². The fraction of sp³-hybridized carbons (Fsp3) is 0.455. The Morgan fingerprint density at radius 1 is 1.53 bits per heavy atom. The average molecular weight is 302 g/mol. The van der Waals surface area contributed by atoms with Crippen LogP contribution in [-0.4, -0.2) is 36.7 Å². The zero-order valence-electron chi connectivity index (χ0n) is 11.1. The Kier molecular flexibility index (Phi) is 4.83. The molecule has 0 radical (unpaired) electrons. The molecule has 4 N–H and O–H groups in total. The van der Waals surface area contributed by atoms with Crippen molar-refractivity contribution in [1.82, 2.24) is 9.71 Å². The van der Waals surface area contributed by atoms with Gasteiger partial charge in [-0.2, -0.15) is 0 Å². The van der Waals surface area contributed by atoms with Crippen molar-refractivity contribution in [2.24, 2.45) is 5.73 Å². The summed E-state index contributed by atoms with van der Waals surface area (Å²) in [4.78, 5) is 4.41. The van der Waals surface area contributed by atoms with Crippen LogP contribution < -0.4 is 15.8 Å². The fourth-order valence-electron chi connectivity index (χ4n) is 1.53. The smallest absolute Gasteiger partial charge is 0.209 e. The number of pyridine rings is 1. The van der Waals surface area contributed by atoms with Gasteiger partial charge in [-0.05, 0) is 26.0 Å². The first-order valence-electron chi connectivity index (χ1n) is 5.58. The molecule has 0 aliphatic rings. The molecule has 0 unspecified atom stereocenters. The number of rotatable bonds is 6. The molecule has 0 atom stereocenters. The Morgan fingerprint density at radius 3 is 2.68 bits per heavy atom. The van der Waals surface area contributed by atoms with Gasteiger partial charge in [-0.3, -0.25) is 0 Å². The maximum atomic E-state index is 11.2. The molecule has 8 heteroatoms. The van der Waals surface area contributed by atoms with Gasteiger partial charge in [-0.15, -0.1) is 0 Å². The molecule has 0 spiro atoms. The minimum absolute atomic E-state index is 0.291. The largest absolute Gasteiger partial charge is 0.389 e. The first kappa shape index (κ1) is 15.8. The minimum atomic E-state index is -3.26. The second-order valence-corrected chi connectivity index (χ2v) is 7.09. The Morgan fingerprint density at radius 2 is 2.16 bits per heavy atom. The highest BCUT2D eigenvalue weighted by atomic mass is 32.2. The third-order valence-corrected chi connectivity index (χ3v) is 3.38. The van der Waals surface area contributed by atoms with Crippen LogP contribution >= 0.6 is 12.2 Å². The number of nitrogens with two attached hydrogens (primary N) is 1. The lowest BCUT2D eigenvalue weighted by atomic mass is 10.1. The molecule has 0 bridgehead atoms. The van der Waals surface area contributed by atoms with Gasteiger partial charge in [-0.25, -0.2) is 18.1 Å². The number of thiocarbonyl (C=S) groups is 1. The summed E-state index contributed by atoms with van der Waals surface area (Å²) in [6.07, 6.45) is 2.72. The molecule has 0 saturated heterocycles. The molecule has 0 aliphatic heterocycles. The second-order valence-electron chi connectivity index (χ2n) is 4.91. The van der Waals surface area contributed by atoms with Crippen molar-refractivity contribution in [3.8, 4) is 0 Å². The predicted molar refractivity (Wildman–Crippen MR) is 80.7 cm³/mol. The lowest BCUT2D eigenvalue weighted by Crippen LogP contribution is -2.47. The summed E-state index contributed by atoms with van der Waals surface area (Å²) in [5.74, 6) is 0.591. The number of nitrogens with one attached hydrogen (secondary N) is 2. The summed E-state index contributed by atoms with van der Waals surface area (Å²) < 4.78 is 25.0. The molecule has 1 aromatic rings. The van der Waals surface area contributed by atoms with E-state index < -0.39 is 15.6 Å². The van der Waals surface area contributed by atoms with Gasteiger partial charge >= 0.3 is 0 Å². The molecule has 106 valence electrons. The average Bonchev–Trinajstić information content (AvgIpc) is 2.24. The van der Waals surface area contributed by atoms with E-state index in [4.69, 9.17) is 18.0 Å². The van der Waals surface area contributed by atoms with Crippen molar-refractivity contribution in [2.75, 3.05) is 18.1 Å². The first-order chi connectivity index (χ1) is 8.59. The highest BCUT2D eigenvalue weighted by Crippen LogP contribution is 2.10. The highest BCUT2D eigenvalue weighted by Gasteiger charge is 2.21. The third-order valence-electron chi connectivity index (χ3n) is 2.22. The van der Waals surface area contributed by atoms with E-state index >= 15 is 0 Å². The first-order valence-corrected chi connectivity index (χ1v) is 7.88. The molecule has 0 aromatic carbocycles. The molecule has 0 fully saturated rings. The SMILES string of the molecule is CC(C)(CNc1cc(C(N)=S)ccn1)NS(C)(=O)=O. The van der Waals surface area contributed by atoms with Gasteiger partial charge in [0.25, 0.3) is 0 Å². The summed E-state index contributed by atoms with van der Waals surface area (Å²) >= 11 is 4.88. The standard InChI is InChI=1S/C11H18N4O2S2/c1-11(2,15-19(3,16)17)7-14-9-6-8(10(12)18)4-5-13-9/h4-6,15H,7H2,1-3H3,(H2,12,18)(H,13,14). The van der Waals surface area contributed by atoms with Crippen LogP contribution in [0.5, 0.6) is 0 Å². The lowest BCUT2D eigenvalue weighted by molar-refractivity contribution is 0.476. The Hall–Kier alpha value is -1.25. The summed E-state index contributed by atoms with van der Waals surface area (Å²) in [7, 11) is -3.26. The number of hydrogen-bond donors (Lipinski definition) is 3. The minimum Gasteiger partial charge on any atom is -0.389 e. The van der Waals surface area contributed by atoms with Crippen LogP contribution in [0.15, 0.2) is 18.3 Å². The van der Waals surface area contributed by atoms with E-state index in [9.17, 15) is 8.42 Å². The zero-order chi connectivity index (χ0) is 14.7. The van der Waals surface area contributed by atoms with Crippen molar-refractivity contribution in [3.05, 3.63) is 23.9 Å². The number of aromatic nitrogens is 1. The molecular formula is C11H18N4O2S2.